The fourth-order valence-corrected chi connectivity index (χ4v) is 2.71. The van der Waals surface area contributed by atoms with Gasteiger partial charge in [-0.15, -0.1) is 0 Å². The summed E-state index contributed by atoms with van der Waals surface area (Å²) in [6, 6.07) is 9.63. The van der Waals surface area contributed by atoms with Gasteiger partial charge in [0, 0.05) is 14.2 Å². The Kier molecular flexibility index (Phi) is 4.33. The third kappa shape index (κ3) is 3.26. The van der Waals surface area contributed by atoms with Crippen LogP contribution in [0.3, 0.4) is 0 Å². The van der Waals surface area contributed by atoms with E-state index in [0.29, 0.717) is 6.16 Å². The number of hydrogen-bond donors (Lipinski definition) is 0. The molecule has 0 saturated heterocycles. The second-order valence-corrected chi connectivity index (χ2v) is 5.63. The van der Waals surface area contributed by atoms with Crippen molar-refractivity contribution < 1.29 is 13.8 Å². The SMILES string of the molecule is COCP(=O)(Cc1ccccc1)OC. The van der Waals surface area contributed by atoms with E-state index in [1.54, 1.807) is 0 Å². The number of ether oxygens (including phenoxy) is 1. The van der Waals surface area contributed by atoms with Gasteiger partial charge in [0.15, 0.2) is 0 Å². The highest BCUT2D eigenvalue weighted by Crippen LogP contribution is 2.49. The summed E-state index contributed by atoms with van der Waals surface area (Å²) in [6.45, 7) is 0. The maximum Gasteiger partial charge on any atom is 0.231 e. The lowest BCUT2D eigenvalue weighted by atomic mass is 10.2. The Morgan fingerprint density at radius 2 is 1.86 bits per heavy atom. The third-order valence-corrected chi connectivity index (χ3v) is 4.09. The number of benzene rings is 1. The molecule has 0 spiro atoms. The van der Waals surface area contributed by atoms with Crippen molar-refractivity contribution in [3.8, 4) is 0 Å². The summed E-state index contributed by atoms with van der Waals surface area (Å²) in [6.07, 6.45) is 0.594. The molecule has 0 saturated carbocycles. The van der Waals surface area contributed by atoms with Crippen LogP contribution < -0.4 is 0 Å². The average molecular weight is 214 g/mol. The van der Waals surface area contributed by atoms with Crippen LogP contribution in [0.4, 0.5) is 0 Å². The molecule has 0 radical (unpaired) electrons. The Labute approximate surface area is 84.5 Å². The van der Waals surface area contributed by atoms with Gasteiger partial charge < -0.3 is 9.26 Å². The molecular formula is C10H15O3P. The van der Waals surface area contributed by atoms with Gasteiger partial charge in [-0.1, -0.05) is 30.3 Å². The minimum absolute atomic E-state index is 0.165. The summed E-state index contributed by atoms with van der Waals surface area (Å²) in [4.78, 5) is 0. The molecule has 0 aliphatic carbocycles. The van der Waals surface area contributed by atoms with Crippen molar-refractivity contribution in [1.29, 1.82) is 0 Å². The van der Waals surface area contributed by atoms with E-state index < -0.39 is 7.37 Å². The van der Waals surface area contributed by atoms with Crippen LogP contribution in [0.5, 0.6) is 0 Å². The van der Waals surface area contributed by atoms with E-state index in [4.69, 9.17) is 9.26 Å². The van der Waals surface area contributed by atoms with E-state index in [0.717, 1.165) is 5.56 Å². The summed E-state index contributed by atoms with van der Waals surface area (Å²) >= 11 is 0. The molecule has 14 heavy (non-hydrogen) atoms. The molecule has 3 nitrogen and oxygen atoms in total. The molecule has 0 N–H and O–H groups in total. The lowest BCUT2D eigenvalue weighted by Crippen LogP contribution is -1.98. The Bertz CT molecular complexity index is 310. The summed E-state index contributed by atoms with van der Waals surface area (Å²) in [7, 11) is 0.341. The molecule has 0 bridgehead atoms. The molecule has 4 heteroatoms. The number of methoxy groups -OCH3 is 1. The molecule has 0 aliphatic heterocycles. The molecule has 1 aromatic carbocycles. The highest BCUT2D eigenvalue weighted by atomic mass is 31.2. The van der Waals surface area contributed by atoms with Crippen molar-refractivity contribution in [2.75, 3.05) is 20.6 Å². The zero-order chi connectivity index (χ0) is 10.4. The van der Waals surface area contributed by atoms with Crippen molar-refractivity contribution >= 4 is 7.37 Å². The molecule has 1 aromatic rings. The molecule has 1 rings (SSSR count). The molecule has 1 unspecified atom stereocenters. The van der Waals surface area contributed by atoms with Crippen LogP contribution in [-0.4, -0.2) is 20.6 Å². The summed E-state index contributed by atoms with van der Waals surface area (Å²) < 4.78 is 21.9. The van der Waals surface area contributed by atoms with E-state index in [9.17, 15) is 4.57 Å². The van der Waals surface area contributed by atoms with Crippen LogP contribution >= 0.6 is 7.37 Å². The summed E-state index contributed by atoms with van der Waals surface area (Å²) in [5.41, 5.74) is 1.01. The van der Waals surface area contributed by atoms with Crippen molar-refractivity contribution in [3.63, 3.8) is 0 Å². The summed E-state index contributed by atoms with van der Waals surface area (Å²) in [5.74, 6) is 0. The predicted octanol–water partition coefficient (Wildman–Crippen LogP) is 2.72. The lowest BCUT2D eigenvalue weighted by Gasteiger charge is -2.14. The third-order valence-electron chi connectivity index (χ3n) is 1.92. The molecule has 78 valence electrons. The van der Waals surface area contributed by atoms with E-state index >= 15 is 0 Å². The van der Waals surface area contributed by atoms with Gasteiger partial charge in [0.25, 0.3) is 0 Å². The van der Waals surface area contributed by atoms with E-state index in [-0.39, 0.29) is 6.35 Å². The second-order valence-electron chi connectivity index (χ2n) is 3.06. The first kappa shape index (κ1) is 11.4. The number of rotatable bonds is 5. The zero-order valence-corrected chi connectivity index (χ0v) is 9.37. The first-order chi connectivity index (χ1) is 6.70. The second kappa shape index (κ2) is 5.30. The number of hydrogen-bond acceptors (Lipinski definition) is 3. The zero-order valence-electron chi connectivity index (χ0n) is 8.47. The Morgan fingerprint density at radius 3 is 2.36 bits per heavy atom. The van der Waals surface area contributed by atoms with E-state index in [1.807, 2.05) is 30.3 Å². The van der Waals surface area contributed by atoms with Gasteiger partial charge in [-0.25, -0.2) is 0 Å². The molecule has 0 heterocycles. The quantitative estimate of drug-likeness (QED) is 0.707. The van der Waals surface area contributed by atoms with Crippen molar-refractivity contribution in [2.24, 2.45) is 0 Å². The minimum Gasteiger partial charge on any atom is -0.375 e. The Hall–Kier alpha value is -0.630. The van der Waals surface area contributed by atoms with Gasteiger partial charge >= 0.3 is 0 Å². The van der Waals surface area contributed by atoms with E-state index in [1.165, 1.54) is 14.2 Å². The fraction of sp³-hybridized carbons (Fsp3) is 0.400. The van der Waals surface area contributed by atoms with E-state index in [2.05, 4.69) is 0 Å². The van der Waals surface area contributed by atoms with Crippen LogP contribution in [0.25, 0.3) is 0 Å². The maximum atomic E-state index is 12.0. The van der Waals surface area contributed by atoms with Crippen molar-refractivity contribution in [3.05, 3.63) is 35.9 Å². The Morgan fingerprint density at radius 1 is 1.21 bits per heavy atom. The van der Waals surface area contributed by atoms with Crippen LogP contribution in [-0.2, 0) is 20.0 Å². The topological polar surface area (TPSA) is 35.5 Å². The highest BCUT2D eigenvalue weighted by Gasteiger charge is 2.21. The van der Waals surface area contributed by atoms with Gasteiger partial charge in [0.05, 0.1) is 6.16 Å². The molecule has 1 atom stereocenters. The molecule has 0 aromatic heterocycles. The highest BCUT2D eigenvalue weighted by molar-refractivity contribution is 7.57. The molecule has 0 fully saturated rings. The van der Waals surface area contributed by atoms with Crippen molar-refractivity contribution in [2.45, 2.75) is 6.16 Å². The van der Waals surface area contributed by atoms with Crippen LogP contribution in [0, 0.1) is 0 Å². The van der Waals surface area contributed by atoms with Crippen LogP contribution in [0.2, 0.25) is 0 Å². The first-order valence-electron chi connectivity index (χ1n) is 4.37. The maximum absolute atomic E-state index is 12.0. The fourth-order valence-electron chi connectivity index (χ4n) is 1.22. The van der Waals surface area contributed by atoms with Crippen molar-refractivity contribution in [1.82, 2.24) is 0 Å². The lowest BCUT2D eigenvalue weighted by molar-refractivity contribution is 0.230. The monoisotopic (exact) mass is 214 g/mol. The Balaban J connectivity index is 2.71. The van der Waals surface area contributed by atoms with Gasteiger partial charge in [0.1, 0.15) is 6.35 Å². The standard InChI is InChI=1S/C10H15O3P/c1-12-9-14(11,13-2)8-10-6-4-3-5-7-10/h3-7H,8-9H2,1-2H3. The van der Waals surface area contributed by atoms with Crippen LogP contribution in [0.1, 0.15) is 5.56 Å². The summed E-state index contributed by atoms with van der Waals surface area (Å²) in [5, 5.41) is 0. The molecule has 0 amide bonds. The van der Waals surface area contributed by atoms with Gasteiger partial charge in [0.2, 0.25) is 7.37 Å². The van der Waals surface area contributed by atoms with Gasteiger partial charge in [-0.3, -0.25) is 4.57 Å². The first-order valence-corrected chi connectivity index (χ1v) is 6.36. The molecular weight excluding hydrogens is 199 g/mol. The van der Waals surface area contributed by atoms with Crippen LogP contribution in [0.15, 0.2) is 30.3 Å². The predicted molar refractivity (Wildman–Crippen MR) is 56.6 cm³/mol. The average Bonchev–Trinajstić information content (AvgIpc) is 2.20. The largest absolute Gasteiger partial charge is 0.375 e. The molecule has 0 aliphatic rings. The smallest absolute Gasteiger partial charge is 0.231 e. The van der Waals surface area contributed by atoms with Gasteiger partial charge in [-0.05, 0) is 5.56 Å². The minimum atomic E-state index is -2.64. The normalized spacial score (nSPS) is 15.0. The van der Waals surface area contributed by atoms with Gasteiger partial charge in [-0.2, -0.15) is 0 Å².